The molecule has 0 aliphatic carbocycles. The van der Waals surface area contributed by atoms with Gasteiger partial charge in [0.1, 0.15) is 0 Å². The average molecular weight is 463 g/mol. The summed E-state index contributed by atoms with van der Waals surface area (Å²) in [5.74, 6) is -1.15. The van der Waals surface area contributed by atoms with Gasteiger partial charge in [-0.15, -0.1) is 0 Å². The number of anilines is 1. The number of benzene rings is 1. The predicted octanol–water partition coefficient (Wildman–Crippen LogP) is 3.61. The summed E-state index contributed by atoms with van der Waals surface area (Å²) in [4.78, 5) is 45.5. The molecule has 1 N–H and O–H groups in total. The summed E-state index contributed by atoms with van der Waals surface area (Å²) in [5.41, 5.74) is 1.16. The normalized spacial score (nSPS) is 15.8. The van der Waals surface area contributed by atoms with Gasteiger partial charge in [-0.1, -0.05) is 36.2 Å². The van der Waals surface area contributed by atoms with Crippen molar-refractivity contribution in [2.45, 2.75) is 26.3 Å². The van der Waals surface area contributed by atoms with Crippen LogP contribution in [0.25, 0.3) is 0 Å². The smallest absolute Gasteiger partial charge is 0.244 e. The van der Waals surface area contributed by atoms with E-state index in [0.29, 0.717) is 41.8 Å². The van der Waals surface area contributed by atoms with E-state index in [2.05, 4.69) is 10.3 Å². The Kier molecular flexibility index (Phi) is 7.87. The number of nitrogens with one attached hydrogen (secondary N) is 1. The Morgan fingerprint density at radius 1 is 1.26 bits per heavy atom. The van der Waals surface area contributed by atoms with Gasteiger partial charge in [-0.2, -0.15) is 0 Å². The number of nitrogens with zero attached hydrogens (tertiary/aromatic N) is 3. The van der Waals surface area contributed by atoms with Gasteiger partial charge in [0.2, 0.25) is 17.7 Å². The number of rotatable bonds is 8. The van der Waals surface area contributed by atoms with Gasteiger partial charge in [0.15, 0.2) is 0 Å². The van der Waals surface area contributed by atoms with Gasteiger partial charge in [-0.25, -0.2) is 0 Å². The lowest BCUT2D eigenvalue weighted by Gasteiger charge is -2.25. The van der Waals surface area contributed by atoms with E-state index in [0.717, 1.165) is 5.69 Å². The SMILES string of the molecule is CCCN(CC(=O)Nc1cc(Cl)ccc1Cl)C(=O)C1CC(=O)N(Cc2ccccn2)C1. The molecule has 7 nitrogen and oxygen atoms in total. The van der Waals surface area contributed by atoms with Crippen LogP contribution in [0.15, 0.2) is 42.6 Å². The van der Waals surface area contributed by atoms with Gasteiger partial charge in [0.05, 0.1) is 35.4 Å². The van der Waals surface area contributed by atoms with Crippen molar-refractivity contribution in [2.75, 3.05) is 25.0 Å². The van der Waals surface area contributed by atoms with Crippen LogP contribution >= 0.6 is 23.2 Å². The fourth-order valence-electron chi connectivity index (χ4n) is 3.53. The van der Waals surface area contributed by atoms with Crippen LogP contribution in [0.4, 0.5) is 5.69 Å². The minimum atomic E-state index is -0.481. The highest BCUT2D eigenvalue weighted by Gasteiger charge is 2.36. The highest BCUT2D eigenvalue weighted by molar-refractivity contribution is 6.35. The molecule has 0 bridgehead atoms. The number of hydrogen-bond acceptors (Lipinski definition) is 4. The number of likely N-dealkylation sites (tertiary alicyclic amines) is 1. The van der Waals surface area contributed by atoms with E-state index in [1.54, 1.807) is 29.3 Å². The largest absolute Gasteiger partial charge is 0.336 e. The monoisotopic (exact) mass is 462 g/mol. The van der Waals surface area contributed by atoms with Gasteiger partial charge in [-0.05, 0) is 36.8 Å². The maximum absolute atomic E-state index is 13.1. The first-order valence-electron chi connectivity index (χ1n) is 10.1. The minimum Gasteiger partial charge on any atom is -0.336 e. The molecule has 1 aliphatic rings. The number of carbonyl (C=O) groups excluding carboxylic acids is 3. The van der Waals surface area contributed by atoms with Crippen molar-refractivity contribution in [1.82, 2.24) is 14.8 Å². The third-order valence-electron chi connectivity index (χ3n) is 4.98. The van der Waals surface area contributed by atoms with E-state index >= 15 is 0 Å². The molecular formula is C22H24Cl2N4O3. The van der Waals surface area contributed by atoms with Gasteiger partial charge in [0.25, 0.3) is 0 Å². The second kappa shape index (κ2) is 10.6. The van der Waals surface area contributed by atoms with Crippen molar-refractivity contribution < 1.29 is 14.4 Å². The minimum absolute atomic E-state index is 0.0874. The molecule has 1 fully saturated rings. The van der Waals surface area contributed by atoms with E-state index < -0.39 is 5.92 Å². The van der Waals surface area contributed by atoms with Gasteiger partial charge < -0.3 is 15.1 Å². The topological polar surface area (TPSA) is 82.6 Å². The van der Waals surface area contributed by atoms with Crippen LogP contribution in [0.3, 0.4) is 0 Å². The van der Waals surface area contributed by atoms with E-state index in [-0.39, 0.29) is 30.7 Å². The molecule has 0 radical (unpaired) electrons. The molecule has 31 heavy (non-hydrogen) atoms. The summed E-state index contributed by atoms with van der Waals surface area (Å²) in [6.07, 6.45) is 2.50. The standard InChI is InChI=1S/C22H24Cl2N4O3/c1-2-9-27(14-20(29)26-19-11-16(23)6-7-18(19)24)22(31)15-10-21(30)28(12-15)13-17-5-3-4-8-25-17/h3-8,11,15H,2,9-10,12-14H2,1H3,(H,26,29). The van der Waals surface area contributed by atoms with E-state index in [1.807, 2.05) is 25.1 Å². The second-order valence-corrected chi connectivity index (χ2v) is 8.27. The molecule has 1 aromatic carbocycles. The molecule has 1 atom stereocenters. The Morgan fingerprint density at radius 2 is 2.06 bits per heavy atom. The summed E-state index contributed by atoms with van der Waals surface area (Å²) < 4.78 is 0. The Labute approximate surface area is 191 Å². The summed E-state index contributed by atoms with van der Waals surface area (Å²) in [7, 11) is 0. The van der Waals surface area contributed by atoms with Crippen LogP contribution in [-0.4, -0.2) is 52.1 Å². The van der Waals surface area contributed by atoms with E-state index in [4.69, 9.17) is 23.2 Å². The van der Waals surface area contributed by atoms with Crippen molar-refractivity contribution >= 4 is 46.6 Å². The van der Waals surface area contributed by atoms with E-state index in [9.17, 15) is 14.4 Å². The van der Waals surface area contributed by atoms with Crippen molar-refractivity contribution in [3.8, 4) is 0 Å². The van der Waals surface area contributed by atoms with Crippen LogP contribution in [0.2, 0.25) is 10.0 Å². The van der Waals surface area contributed by atoms with Gasteiger partial charge in [-0.3, -0.25) is 19.4 Å². The first-order valence-corrected chi connectivity index (χ1v) is 10.8. The van der Waals surface area contributed by atoms with Crippen molar-refractivity contribution in [3.05, 3.63) is 58.3 Å². The summed E-state index contributed by atoms with van der Waals surface area (Å²) in [5, 5.41) is 3.50. The van der Waals surface area contributed by atoms with Crippen LogP contribution < -0.4 is 5.32 Å². The first-order chi connectivity index (χ1) is 14.9. The lowest BCUT2D eigenvalue weighted by atomic mass is 10.1. The molecule has 9 heteroatoms. The lowest BCUT2D eigenvalue weighted by molar-refractivity contribution is -0.138. The quantitative estimate of drug-likeness (QED) is 0.649. The molecule has 164 valence electrons. The number of amides is 3. The van der Waals surface area contributed by atoms with Crippen LogP contribution in [0.5, 0.6) is 0 Å². The zero-order valence-electron chi connectivity index (χ0n) is 17.2. The van der Waals surface area contributed by atoms with Crippen LogP contribution in [0, 0.1) is 5.92 Å². The molecule has 1 aliphatic heterocycles. The van der Waals surface area contributed by atoms with Gasteiger partial charge >= 0.3 is 0 Å². The molecule has 0 saturated carbocycles. The third kappa shape index (κ3) is 6.18. The zero-order valence-corrected chi connectivity index (χ0v) is 18.7. The number of pyridine rings is 1. The Bertz CT molecular complexity index is 955. The Morgan fingerprint density at radius 3 is 2.77 bits per heavy atom. The fourth-order valence-corrected chi connectivity index (χ4v) is 3.87. The molecular weight excluding hydrogens is 439 g/mol. The predicted molar refractivity (Wildman–Crippen MR) is 120 cm³/mol. The number of aromatic nitrogens is 1. The molecule has 2 aromatic rings. The highest BCUT2D eigenvalue weighted by Crippen LogP contribution is 2.26. The van der Waals surface area contributed by atoms with Crippen molar-refractivity contribution in [2.24, 2.45) is 5.92 Å². The number of hydrogen-bond donors (Lipinski definition) is 1. The molecule has 1 unspecified atom stereocenters. The third-order valence-corrected chi connectivity index (χ3v) is 5.55. The first kappa shape index (κ1) is 23.0. The average Bonchev–Trinajstić information content (AvgIpc) is 3.11. The Hall–Kier alpha value is -2.64. The van der Waals surface area contributed by atoms with Crippen molar-refractivity contribution in [1.29, 1.82) is 0 Å². The van der Waals surface area contributed by atoms with Crippen LogP contribution in [-0.2, 0) is 20.9 Å². The molecule has 3 amide bonds. The summed E-state index contributed by atoms with van der Waals surface area (Å²) >= 11 is 12.1. The summed E-state index contributed by atoms with van der Waals surface area (Å²) in [6, 6.07) is 10.3. The van der Waals surface area contributed by atoms with Crippen molar-refractivity contribution in [3.63, 3.8) is 0 Å². The zero-order chi connectivity index (χ0) is 22.4. The maximum atomic E-state index is 13.1. The fraction of sp³-hybridized carbons (Fsp3) is 0.364. The highest BCUT2D eigenvalue weighted by atomic mass is 35.5. The number of halogens is 2. The Balaban J connectivity index is 1.62. The van der Waals surface area contributed by atoms with E-state index in [1.165, 1.54) is 4.90 Å². The number of carbonyl (C=O) groups is 3. The molecule has 3 rings (SSSR count). The van der Waals surface area contributed by atoms with Crippen LogP contribution in [0.1, 0.15) is 25.5 Å². The molecule has 0 spiro atoms. The molecule has 1 aromatic heterocycles. The molecule has 2 heterocycles. The summed E-state index contributed by atoms with van der Waals surface area (Å²) in [6.45, 7) is 2.90. The molecule has 1 saturated heterocycles. The second-order valence-electron chi connectivity index (χ2n) is 7.43. The van der Waals surface area contributed by atoms with Gasteiger partial charge in [0, 0.05) is 30.7 Å². The maximum Gasteiger partial charge on any atom is 0.244 e. The lowest BCUT2D eigenvalue weighted by Crippen LogP contribution is -2.42.